The largest absolute Gasteiger partial charge is 0.454 e. The molecule has 0 aromatic heterocycles. The number of hydrogen-bond donors (Lipinski definition) is 1. The fourth-order valence-electron chi connectivity index (χ4n) is 2.65. The first kappa shape index (κ1) is 13.1. The summed E-state index contributed by atoms with van der Waals surface area (Å²) >= 11 is 0. The van der Waals surface area contributed by atoms with Gasteiger partial charge in [0.05, 0.1) is 12.0 Å². The number of fused-ring (bicyclic) bond motifs is 1. The summed E-state index contributed by atoms with van der Waals surface area (Å²) in [6.45, 7) is 7.81. The van der Waals surface area contributed by atoms with Crippen LogP contribution in [0, 0.1) is 5.92 Å². The van der Waals surface area contributed by atoms with Crippen molar-refractivity contribution in [1.82, 2.24) is 0 Å². The summed E-state index contributed by atoms with van der Waals surface area (Å²) < 4.78 is 5.29. The third kappa shape index (κ3) is 2.56. The van der Waals surface area contributed by atoms with Crippen LogP contribution in [0.3, 0.4) is 0 Å². The Bertz CT molecular complexity index is 431. The topological polar surface area (TPSA) is 46.5 Å². The minimum Gasteiger partial charge on any atom is -0.454 e. The predicted octanol–water partition coefficient (Wildman–Crippen LogP) is 2.52. The molecule has 2 aliphatic rings. The molecule has 18 heavy (non-hydrogen) atoms. The van der Waals surface area contributed by atoms with Crippen molar-refractivity contribution in [1.29, 1.82) is 0 Å². The Morgan fingerprint density at radius 3 is 2.83 bits per heavy atom. The molecule has 98 valence electrons. The number of rotatable bonds is 0. The van der Waals surface area contributed by atoms with Gasteiger partial charge in [-0.1, -0.05) is 23.8 Å². The quantitative estimate of drug-likeness (QED) is 0.407. The zero-order valence-electron chi connectivity index (χ0n) is 11.0. The normalized spacial score (nSPS) is 36.3. The number of aliphatic hydroxyl groups is 1. The second-order valence-electron chi connectivity index (χ2n) is 5.29. The standard InChI is InChI=1S/C15H20O3/c1-9-5-4-6-10(2)8-13-14(12(16)7-9)11(3)15(17)18-13/h5,8,12-14,16H,3-4,6-7H2,1-2H3/b9-5+,10-8?/t12-,13-,14+/m0/s1. The van der Waals surface area contributed by atoms with Crippen LogP contribution in [0.5, 0.6) is 0 Å². The van der Waals surface area contributed by atoms with E-state index in [-0.39, 0.29) is 18.0 Å². The number of hydrogen-bond acceptors (Lipinski definition) is 3. The van der Waals surface area contributed by atoms with E-state index < -0.39 is 6.10 Å². The second-order valence-corrected chi connectivity index (χ2v) is 5.29. The minimum atomic E-state index is -0.604. The molecule has 0 unspecified atom stereocenters. The molecule has 0 bridgehead atoms. The molecule has 1 aliphatic carbocycles. The molecule has 0 aromatic rings. The fraction of sp³-hybridized carbons (Fsp3) is 0.533. The van der Waals surface area contributed by atoms with Gasteiger partial charge in [0.15, 0.2) is 0 Å². The molecule has 1 fully saturated rings. The summed E-state index contributed by atoms with van der Waals surface area (Å²) in [6.07, 6.45) is 5.65. The van der Waals surface area contributed by atoms with Gasteiger partial charge in [-0.3, -0.25) is 0 Å². The summed E-state index contributed by atoms with van der Waals surface area (Å²) in [5.41, 5.74) is 2.73. The molecule has 0 saturated carbocycles. The third-order valence-corrected chi connectivity index (χ3v) is 3.69. The van der Waals surface area contributed by atoms with Crippen LogP contribution >= 0.6 is 0 Å². The third-order valence-electron chi connectivity index (χ3n) is 3.69. The summed E-state index contributed by atoms with van der Waals surface area (Å²) in [5, 5.41) is 10.3. The maximum atomic E-state index is 11.6. The highest BCUT2D eigenvalue weighted by molar-refractivity contribution is 5.91. The molecule has 0 radical (unpaired) electrons. The zero-order valence-corrected chi connectivity index (χ0v) is 11.0. The Hall–Kier alpha value is -1.35. The lowest BCUT2D eigenvalue weighted by Gasteiger charge is -2.23. The molecule has 1 heterocycles. The molecule has 0 spiro atoms. The van der Waals surface area contributed by atoms with Crippen LogP contribution in [-0.4, -0.2) is 23.3 Å². The van der Waals surface area contributed by atoms with Gasteiger partial charge in [-0.15, -0.1) is 0 Å². The van der Waals surface area contributed by atoms with Gasteiger partial charge in [0.1, 0.15) is 6.10 Å². The lowest BCUT2D eigenvalue weighted by molar-refractivity contribution is -0.137. The van der Waals surface area contributed by atoms with E-state index in [9.17, 15) is 9.90 Å². The molecule has 2 rings (SSSR count). The van der Waals surface area contributed by atoms with E-state index in [0.717, 1.165) is 18.4 Å². The average Bonchev–Trinajstić information content (AvgIpc) is 2.53. The molecule has 1 aliphatic heterocycles. The first-order chi connectivity index (χ1) is 8.49. The highest BCUT2D eigenvalue weighted by Gasteiger charge is 2.41. The van der Waals surface area contributed by atoms with E-state index >= 15 is 0 Å². The molecule has 1 N–H and O–H groups in total. The van der Waals surface area contributed by atoms with Crippen LogP contribution in [0.1, 0.15) is 33.1 Å². The maximum absolute atomic E-state index is 11.6. The zero-order chi connectivity index (χ0) is 13.3. The fourth-order valence-corrected chi connectivity index (χ4v) is 2.65. The van der Waals surface area contributed by atoms with Crippen LogP contribution in [0.4, 0.5) is 0 Å². The van der Waals surface area contributed by atoms with E-state index in [4.69, 9.17) is 4.74 Å². The Balaban J connectivity index is 2.33. The molecule has 3 heteroatoms. The lowest BCUT2D eigenvalue weighted by Crippen LogP contribution is -2.28. The number of allylic oxidation sites excluding steroid dienone is 2. The smallest absolute Gasteiger partial charge is 0.334 e. The van der Waals surface area contributed by atoms with Crippen molar-refractivity contribution in [2.24, 2.45) is 5.92 Å². The summed E-state index contributed by atoms with van der Waals surface area (Å²) in [7, 11) is 0. The van der Waals surface area contributed by atoms with E-state index in [0.29, 0.717) is 12.0 Å². The summed E-state index contributed by atoms with van der Waals surface area (Å²) in [5.74, 6) is -0.692. The van der Waals surface area contributed by atoms with Gasteiger partial charge in [0.25, 0.3) is 0 Å². The van der Waals surface area contributed by atoms with Crippen LogP contribution in [0.25, 0.3) is 0 Å². The summed E-state index contributed by atoms with van der Waals surface area (Å²) in [4.78, 5) is 11.6. The SMILES string of the molecule is C=C1C(=O)O[C@H]2C=C(C)CC/C=C(\C)C[C@H](O)[C@@H]12. The van der Waals surface area contributed by atoms with Gasteiger partial charge >= 0.3 is 5.97 Å². The molecule has 0 amide bonds. The lowest BCUT2D eigenvalue weighted by atomic mass is 9.86. The van der Waals surface area contributed by atoms with E-state index in [2.05, 4.69) is 12.7 Å². The number of aliphatic hydroxyl groups excluding tert-OH is 1. The maximum Gasteiger partial charge on any atom is 0.334 e. The Kier molecular flexibility index (Phi) is 3.71. The highest BCUT2D eigenvalue weighted by atomic mass is 16.6. The summed E-state index contributed by atoms with van der Waals surface area (Å²) in [6, 6.07) is 0. The molecular weight excluding hydrogens is 228 g/mol. The highest BCUT2D eigenvalue weighted by Crippen LogP contribution is 2.34. The molecule has 1 saturated heterocycles. The van der Waals surface area contributed by atoms with Crippen molar-refractivity contribution < 1.29 is 14.6 Å². The van der Waals surface area contributed by atoms with Gasteiger partial charge in [0.2, 0.25) is 0 Å². The van der Waals surface area contributed by atoms with Crippen LogP contribution < -0.4 is 0 Å². The number of esters is 1. The van der Waals surface area contributed by atoms with Gasteiger partial charge in [-0.25, -0.2) is 4.79 Å². The minimum absolute atomic E-state index is 0.311. The molecule has 0 aromatic carbocycles. The monoisotopic (exact) mass is 248 g/mol. The Morgan fingerprint density at radius 2 is 2.11 bits per heavy atom. The number of carbonyl (C=O) groups is 1. The predicted molar refractivity (Wildman–Crippen MR) is 69.9 cm³/mol. The van der Waals surface area contributed by atoms with Crippen molar-refractivity contribution in [3.05, 3.63) is 35.5 Å². The van der Waals surface area contributed by atoms with Crippen LogP contribution in [0.15, 0.2) is 35.5 Å². The Morgan fingerprint density at radius 1 is 1.39 bits per heavy atom. The van der Waals surface area contributed by atoms with Gasteiger partial charge in [0, 0.05) is 5.57 Å². The van der Waals surface area contributed by atoms with Crippen LogP contribution in [-0.2, 0) is 9.53 Å². The van der Waals surface area contributed by atoms with Crippen molar-refractivity contribution in [2.75, 3.05) is 0 Å². The number of carbonyl (C=O) groups excluding carboxylic acids is 1. The number of ether oxygens (including phenoxy) is 1. The Labute approximate surface area is 108 Å². The van der Waals surface area contributed by atoms with Crippen molar-refractivity contribution in [3.8, 4) is 0 Å². The first-order valence-electron chi connectivity index (χ1n) is 6.40. The van der Waals surface area contributed by atoms with E-state index in [1.54, 1.807) is 0 Å². The van der Waals surface area contributed by atoms with E-state index in [1.165, 1.54) is 5.57 Å². The molecule has 3 nitrogen and oxygen atoms in total. The first-order valence-corrected chi connectivity index (χ1v) is 6.40. The van der Waals surface area contributed by atoms with Gasteiger partial charge in [-0.05, 0) is 39.2 Å². The van der Waals surface area contributed by atoms with Crippen molar-refractivity contribution in [2.45, 2.75) is 45.3 Å². The van der Waals surface area contributed by atoms with Gasteiger partial charge < -0.3 is 9.84 Å². The van der Waals surface area contributed by atoms with E-state index in [1.807, 2.05) is 19.9 Å². The average molecular weight is 248 g/mol. The van der Waals surface area contributed by atoms with Crippen LogP contribution in [0.2, 0.25) is 0 Å². The molecular formula is C15H20O3. The van der Waals surface area contributed by atoms with Crippen molar-refractivity contribution >= 4 is 5.97 Å². The molecule has 3 atom stereocenters. The van der Waals surface area contributed by atoms with Crippen molar-refractivity contribution in [3.63, 3.8) is 0 Å². The van der Waals surface area contributed by atoms with Gasteiger partial charge in [-0.2, -0.15) is 0 Å². The second kappa shape index (κ2) is 5.11.